The Labute approximate surface area is 318 Å². The van der Waals surface area contributed by atoms with Crippen LogP contribution in [0.1, 0.15) is 0 Å². The van der Waals surface area contributed by atoms with Crippen LogP contribution in [0.4, 0.5) is 0 Å². The van der Waals surface area contributed by atoms with E-state index in [2.05, 4.69) is 102 Å². The van der Waals surface area contributed by atoms with Crippen molar-refractivity contribution in [3.05, 3.63) is 194 Å². The van der Waals surface area contributed by atoms with Crippen LogP contribution < -0.4 is 0 Å². The van der Waals surface area contributed by atoms with Crippen LogP contribution in [0.3, 0.4) is 0 Å². The fourth-order valence-corrected chi connectivity index (χ4v) is 7.26. The van der Waals surface area contributed by atoms with E-state index in [0.29, 0.717) is 23.4 Å². The van der Waals surface area contributed by atoms with E-state index in [-0.39, 0.29) is 0 Å². The summed E-state index contributed by atoms with van der Waals surface area (Å²) in [4.78, 5) is 25.2. The smallest absolute Gasteiger partial charge is 0.235 e. The van der Waals surface area contributed by atoms with Gasteiger partial charge in [-0.15, -0.1) is 0 Å². The molecule has 55 heavy (non-hydrogen) atoms. The maximum absolute atomic E-state index is 5.21. The summed E-state index contributed by atoms with van der Waals surface area (Å²) in [5, 5.41) is 2.27. The Morgan fingerprint density at radius 1 is 0.309 bits per heavy atom. The Morgan fingerprint density at radius 2 is 0.727 bits per heavy atom. The molecule has 0 aliphatic heterocycles. The summed E-state index contributed by atoms with van der Waals surface area (Å²) in [7, 11) is 0. The van der Waals surface area contributed by atoms with E-state index in [4.69, 9.17) is 24.9 Å². The maximum Gasteiger partial charge on any atom is 0.235 e. The van der Waals surface area contributed by atoms with Gasteiger partial charge in [-0.1, -0.05) is 176 Å². The Hall–Kier alpha value is -7.57. The fraction of sp³-hybridized carbons (Fsp3) is 0. The lowest BCUT2D eigenvalue weighted by Gasteiger charge is -2.12. The highest BCUT2D eigenvalue weighted by Gasteiger charge is 2.20. The fourth-order valence-electron chi connectivity index (χ4n) is 7.26. The van der Waals surface area contributed by atoms with Crippen LogP contribution >= 0.6 is 0 Å². The second-order valence-corrected chi connectivity index (χ2v) is 13.3. The van der Waals surface area contributed by atoms with Crippen molar-refractivity contribution < 1.29 is 0 Å². The summed E-state index contributed by atoms with van der Waals surface area (Å²) < 4.78 is 2.20. The summed E-state index contributed by atoms with van der Waals surface area (Å²) in [6.45, 7) is 0. The molecule has 0 atom stereocenters. The summed E-state index contributed by atoms with van der Waals surface area (Å²) >= 11 is 0. The number of benzene rings is 7. The molecule has 0 bridgehead atoms. The molecular weight excluding hydrogens is 673 g/mol. The van der Waals surface area contributed by atoms with Crippen LogP contribution in [0.5, 0.6) is 0 Å². The van der Waals surface area contributed by atoms with Gasteiger partial charge in [-0.2, -0.15) is 0 Å². The normalized spacial score (nSPS) is 11.3. The molecule has 6 heteroatoms. The minimum absolute atomic E-state index is 0.622. The second kappa shape index (κ2) is 13.8. The molecule has 0 N–H and O–H groups in total. The molecule has 6 nitrogen and oxygen atoms in total. The molecule has 0 radical (unpaired) electrons. The van der Waals surface area contributed by atoms with E-state index in [9.17, 15) is 0 Å². The summed E-state index contributed by atoms with van der Waals surface area (Å²) in [6.07, 6.45) is 0. The van der Waals surface area contributed by atoms with Crippen LogP contribution in [0.2, 0.25) is 0 Å². The molecule has 3 heterocycles. The van der Waals surface area contributed by atoms with Gasteiger partial charge >= 0.3 is 0 Å². The summed E-state index contributed by atoms with van der Waals surface area (Å²) in [6, 6.07) is 66.3. The molecule has 0 aliphatic rings. The predicted octanol–water partition coefficient (Wildman–Crippen LogP) is 11.8. The quantitative estimate of drug-likeness (QED) is 0.165. The standard InChI is InChI=1S/C49H32N6/c1-5-16-34(17-6-1)41-32-42(35-18-7-2-8-19-35)51-49(50-41)55-43-26-14-13-24-40(43)45-39(25-15-27-44(45)55)33-28-30-38(31-29-33)48-53-46(36-20-9-3-10-21-36)52-47(54-48)37-22-11-4-12-23-37/h1-32H. The average molecular weight is 705 g/mol. The number of hydrogen-bond donors (Lipinski definition) is 0. The summed E-state index contributed by atoms with van der Waals surface area (Å²) in [5.41, 5.74) is 10.9. The van der Waals surface area contributed by atoms with Crippen LogP contribution in [0, 0.1) is 0 Å². The highest BCUT2D eigenvalue weighted by Crippen LogP contribution is 2.39. The Balaban J connectivity index is 1.12. The van der Waals surface area contributed by atoms with Gasteiger partial charge in [0.1, 0.15) is 0 Å². The Kier molecular flexibility index (Phi) is 8.04. The number of rotatable bonds is 7. The molecule has 10 aromatic rings. The first kappa shape index (κ1) is 32.1. The molecule has 0 saturated heterocycles. The SMILES string of the molecule is c1ccc(-c2cc(-c3ccccc3)nc(-n3c4ccccc4c4c(-c5ccc(-c6nc(-c7ccccc7)nc(-c7ccccc7)n6)cc5)cccc43)n2)cc1. The topological polar surface area (TPSA) is 69.4 Å². The largest absolute Gasteiger partial charge is 0.278 e. The van der Waals surface area contributed by atoms with Gasteiger partial charge in [0.05, 0.1) is 22.4 Å². The van der Waals surface area contributed by atoms with E-state index in [1.807, 2.05) is 97.1 Å². The van der Waals surface area contributed by atoms with Gasteiger partial charge in [0.2, 0.25) is 5.95 Å². The molecule has 7 aromatic carbocycles. The number of hydrogen-bond acceptors (Lipinski definition) is 5. The summed E-state index contributed by atoms with van der Waals surface area (Å²) in [5.74, 6) is 2.52. The third-order valence-corrected chi connectivity index (χ3v) is 9.90. The first-order valence-electron chi connectivity index (χ1n) is 18.3. The minimum Gasteiger partial charge on any atom is -0.278 e. The third-order valence-electron chi connectivity index (χ3n) is 9.90. The third kappa shape index (κ3) is 6.02. The number of nitrogens with zero attached hydrogens (tertiary/aromatic N) is 6. The van der Waals surface area contributed by atoms with Crippen molar-refractivity contribution in [3.8, 4) is 73.8 Å². The zero-order chi connectivity index (χ0) is 36.6. The first-order chi connectivity index (χ1) is 27.3. The lowest BCUT2D eigenvalue weighted by Crippen LogP contribution is -2.04. The minimum atomic E-state index is 0.622. The molecule has 10 rings (SSSR count). The maximum atomic E-state index is 5.21. The van der Waals surface area contributed by atoms with Crippen LogP contribution in [0.15, 0.2) is 194 Å². The molecular formula is C49H32N6. The van der Waals surface area contributed by atoms with Crippen molar-refractivity contribution in [1.29, 1.82) is 0 Å². The van der Waals surface area contributed by atoms with Crippen LogP contribution in [-0.4, -0.2) is 29.5 Å². The van der Waals surface area contributed by atoms with Crippen molar-refractivity contribution in [2.24, 2.45) is 0 Å². The van der Waals surface area contributed by atoms with Crippen molar-refractivity contribution in [3.63, 3.8) is 0 Å². The Morgan fingerprint density at radius 3 is 1.25 bits per heavy atom. The van der Waals surface area contributed by atoms with Crippen molar-refractivity contribution in [1.82, 2.24) is 29.5 Å². The first-order valence-corrected chi connectivity index (χ1v) is 18.3. The van der Waals surface area contributed by atoms with Gasteiger partial charge in [-0.05, 0) is 29.3 Å². The zero-order valence-electron chi connectivity index (χ0n) is 29.7. The van der Waals surface area contributed by atoms with E-state index in [1.54, 1.807) is 0 Å². The van der Waals surface area contributed by atoms with E-state index < -0.39 is 0 Å². The predicted molar refractivity (Wildman–Crippen MR) is 222 cm³/mol. The second-order valence-electron chi connectivity index (χ2n) is 13.3. The molecule has 0 unspecified atom stereocenters. The Bertz CT molecular complexity index is 2830. The molecule has 0 amide bonds. The van der Waals surface area contributed by atoms with Crippen LogP contribution in [0.25, 0.3) is 95.6 Å². The highest BCUT2D eigenvalue weighted by atomic mass is 15.2. The lowest BCUT2D eigenvalue weighted by atomic mass is 9.98. The number of para-hydroxylation sites is 1. The molecule has 0 saturated carbocycles. The van der Waals surface area contributed by atoms with Gasteiger partial charge in [0.15, 0.2) is 17.5 Å². The molecule has 3 aromatic heterocycles. The monoisotopic (exact) mass is 704 g/mol. The molecule has 0 aliphatic carbocycles. The van der Waals surface area contributed by atoms with Crippen LogP contribution in [-0.2, 0) is 0 Å². The molecule has 0 spiro atoms. The van der Waals surface area contributed by atoms with Gasteiger partial charge in [-0.25, -0.2) is 24.9 Å². The molecule has 258 valence electrons. The highest BCUT2D eigenvalue weighted by molar-refractivity contribution is 6.15. The van der Waals surface area contributed by atoms with Gasteiger partial charge < -0.3 is 0 Å². The van der Waals surface area contributed by atoms with Crippen molar-refractivity contribution in [2.45, 2.75) is 0 Å². The van der Waals surface area contributed by atoms with Crippen molar-refractivity contribution in [2.75, 3.05) is 0 Å². The lowest BCUT2D eigenvalue weighted by molar-refractivity contribution is 0.995. The van der Waals surface area contributed by atoms with Gasteiger partial charge in [-0.3, -0.25) is 4.57 Å². The van der Waals surface area contributed by atoms with Crippen molar-refractivity contribution >= 4 is 21.8 Å². The molecule has 0 fully saturated rings. The average Bonchev–Trinajstić information content (AvgIpc) is 3.62. The van der Waals surface area contributed by atoms with Gasteiger partial charge in [0.25, 0.3) is 0 Å². The number of aromatic nitrogens is 6. The van der Waals surface area contributed by atoms with E-state index in [1.165, 1.54) is 0 Å². The van der Waals surface area contributed by atoms with Gasteiger partial charge in [0, 0.05) is 38.6 Å². The zero-order valence-corrected chi connectivity index (χ0v) is 29.7. The number of fused-ring (bicyclic) bond motifs is 3. The van der Waals surface area contributed by atoms with E-state index in [0.717, 1.165) is 72.1 Å². The van der Waals surface area contributed by atoms with E-state index >= 15 is 0 Å².